The van der Waals surface area contributed by atoms with Crippen LogP contribution in [-0.4, -0.2) is 44.8 Å². The third-order valence-electron chi connectivity index (χ3n) is 5.35. The Labute approximate surface area is 130 Å². The number of hydrogen-bond acceptors (Lipinski definition) is 4. The molecule has 2 N–H and O–H groups in total. The summed E-state index contributed by atoms with van der Waals surface area (Å²) in [7, 11) is 0. The Morgan fingerprint density at radius 3 is 2.59 bits per heavy atom. The standard InChI is InChI=1S/C17H25NO4/c1-4-14(19)15-17(21)7-5-12(6-8-17)18(15)16(20)13-9-10(2)22-11(13)3/h9,12,14-15,19,21H,4-8H2,1-3H3/t12?,14-,15-,17?/m0/s1. The highest BCUT2D eigenvalue weighted by Gasteiger charge is 2.55. The predicted octanol–water partition coefficient (Wildman–Crippen LogP) is 2.17. The van der Waals surface area contributed by atoms with Gasteiger partial charge in [0, 0.05) is 6.04 Å². The van der Waals surface area contributed by atoms with E-state index in [0.29, 0.717) is 36.3 Å². The summed E-state index contributed by atoms with van der Waals surface area (Å²) in [4.78, 5) is 14.8. The quantitative estimate of drug-likeness (QED) is 0.897. The van der Waals surface area contributed by atoms with E-state index in [1.807, 2.05) is 13.8 Å². The van der Waals surface area contributed by atoms with Crippen molar-refractivity contribution < 1.29 is 19.4 Å². The minimum Gasteiger partial charge on any atom is -0.466 e. The molecule has 1 amide bonds. The number of fused-ring (bicyclic) bond motifs is 3. The number of furan rings is 1. The molecule has 2 aliphatic heterocycles. The second-order valence-electron chi connectivity index (χ2n) is 6.79. The van der Waals surface area contributed by atoms with E-state index in [0.717, 1.165) is 12.8 Å². The molecule has 3 heterocycles. The van der Waals surface area contributed by atoms with Gasteiger partial charge < -0.3 is 19.5 Å². The van der Waals surface area contributed by atoms with Gasteiger partial charge in [0.2, 0.25) is 0 Å². The third kappa shape index (κ3) is 2.27. The number of aryl methyl sites for hydroxylation is 2. The fourth-order valence-electron chi connectivity index (χ4n) is 4.20. The molecule has 2 saturated heterocycles. The Morgan fingerprint density at radius 2 is 2.09 bits per heavy atom. The van der Waals surface area contributed by atoms with Crippen LogP contribution in [0.2, 0.25) is 0 Å². The molecule has 3 fully saturated rings. The number of rotatable bonds is 3. The van der Waals surface area contributed by atoms with Gasteiger partial charge in [-0.3, -0.25) is 4.79 Å². The van der Waals surface area contributed by atoms with Gasteiger partial charge in [-0.2, -0.15) is 0 Å². The van der Waals surface area contributed by atoms with Crippen molar-refractivity contribution in [3.63, 3.8) is 0 Å². The lowest BCUT2D eigenvalue weighted by atomic mass is 9.68. The highest BCUT2D eigenvalue weighted by atomic mass is 16.3. The first-order valence-corrected chi connectivity index (χ1v) is 8.17. The Kier molecular flexibility index (Phi) is 3.81. The largest absolute Gasteiger partial charge is 0.466 e. The molecule has 122 valence electrons. The van der Waals surface area contributed by atoms with Gasteiger partial charge in [0.15, 0.2) is 0 Å². The summed E-state index contributed by atoms with van der Waals surface area (Å²) in [6.45, 7) is 5.48. The Hall–Kier alpha value is -1.33. The van der Waals surface area contributed by atoms with Crippen LogP contribution >= 0.6 is 0 Å². The summed E-state index contributed by atoms with van der Waals surface area (Å²) < 4.78 is 5.48. The number of nitrogens with zero attached hydrogens (tertiary/aromatic N) is 1. The molecule has 5 nitrogen and oxygen atoms in total. The lowest BCUT2D eigenvalue weighted by molar-refractivity contribution is -0.160. The molecular formula is C17H25NO4. The van der Waals surface area contributed by atoms with Gasteiger partial charge in [-0.1, -0.05) is 6.92 Å². The first-order chi connectivity index (χ1) is 10.4. The van der Waals surface area contributed by atoms with Crippen molar-refractivity contribution in [2.24, 2.45) is 0 Å². The zero-order chi connectivity index (χ0) is 16.1. The summed E-state index contributed by atoms with van der Waals surface area (Å²) in [6.07, 6.45) is 2.73. The molecule has 2 atom stereocenters. The summed E-state index contributed by atoms with van der Waals surface area (Å²) in [6, 6.07) is 1.33. The molecule has 2 bridgehead atoms. The van der Waals surface area contributed by atoms with Gasteiger partial charge >= 0.3 is 0 Å². The predicted molar refractivity (Wildman–Crippen MR) is 81.6 cm³/mol. The average molecular weight is 307 g/mol. The van der Waals surface area contributed by atoms with Crippen LogP contribution in [0.1, 0.15) is 60.9 Å². The van der Waals surface area contributed by atoms with Crippen molar-refractivity contribution >= 4 is 5.91 Å². The molecule has 0 spiro atoms. The fraction of sp³-hybridized carbons (Fsp3) is 0.706. The normalized spacial score (nSPS) is 32.3. The van der Waals surface area contributed by atoms with E-state index in [-0.39, 0.29) is 11.9 Å². The number of carbonyl (C=O) groups excluding carboxylic acids is 1. The number of aliphatic hydroxyl groups is 2. The Bertz CT molecular complexity index is 571. The van der Waals surface area contributed by atoms with Crippen molar-refractivity contribution in [3.8, 4) is 0 Å². The van der Waals surface area contributed by atoms with Crippen molar-refractivity contribution in [2.45, 2.75) is 76.7 Å². The van der Waals surface area contributed by atoms with E-state index in [1.165, 1.54) is 0 Å². The molecule has 0 aromatic carbocycles. The van der Waals surface area contributed by atoms with E-state index < -0.39 is 17.7 Å². The molecule has 5 heteroatoms. The lowest BCUT2D eigenvalue weighted by Crippen LogP contribution is -2.69. The van der Waals surface area contributed by atoms with E-state index in [1.54, 1.807) is 17.9 Å². The second kappa shape index (κ2) is 5.39. The van der Waals surface area contributed by atoms with Crippen molar-refractivity contribution in [2.75, 3.05) is 0 Å². The Morgan fingerprint density at radius 1 is 1.45 bits per heavy atom. The summed E-state index contributed by atoms with van der Waals surface area (Å²) >= 11 is 0. The van der Waals surface area contributed by atoms with Gasteiger partial charge in [0.1, 0.15) is 11.5 Å². The number of aliphatic hydroxyl groups excluding tert-OH is 1. The van der Waals surface area contributed by atoms with E-state index in [2.05, 4.69) is 0 Å². The van der Waals surface area contributed by atoms with Crippen molar-refractivity contribution in [1.29, 1.82) is 0 Å². The molecule has 0 radical (unpaired) electrons. The van der Waals surface area contributed by atoms with Crippen LogP contribution in [0.15, 0.2) is 10.5 Å². The van der Waals surface area contributed by atoms with Crippen molar-refractivity contribution in [1.82, 2.24) is 4.90 Å². The van der Waals surface area contributed by atoms with Crippen LogP contribution in [0.5, 0.6) is 0 Å². The summed E-state index contributed by atoms with van der Waals surface area (Å²) in [5, 5.41) is 21.4. The molecule has 1 saturated carbocycles. The van der Waals surface area contributed by atoms with Gasteiger partial charge in [0.25, 0.3) is 5.91 Å². The highest BCUT2D eigenvalue weighted by molar-refractivity contribution is 5.96. The lowest BCUT2D eigenvalue weighted by Gasteiger charge is -2.57. The monoisotopic (exact) mass is 307 g/mol. The third-order valence-corrected chi connectivity index (χ3v) is 5.35. The molecule has 0 unspecified atom stereocenters. The van der Waals surface area contributed by atoms with Crippen LogP contribution in [0.4, 0.5) is 0 Å². The van der Waals surface area contributed by atoms with E-state index >= 15 is 0 Å². The molecule has 4 rings (SSSR count). The van der Waals surface area contributed by atoms with Gasteiger partial charge in [-0.05, 0) is 52.0 Å². The maximum atomic E-state index is 13.0. The van der Waals surface area contributed by atoms with Crippen LogP contribution in [0.25, 0.3) is 0 Å². The molecule has 1 aromatic heterocycles. The second-order valence-corrected chi connectivity index (χ2v) is 6.79. The molecule has 22 heavy (non-hydrogen) atoms. The van der Waals surface area contributed by atoms with Crippen LogP contribution in [0, 0.1) is 13.8 Å². The number of piperidine rings is 2. The smallest absolute Gasteiger partial charge is 0.258 e. The van der Waals surface area contributed by atoms with Crippen LogP contribution < -0.4 is 0 Å². The number of carbonyl (C=O) groups is 1. The first kappa shape index (κ1) is 15.6. The maximum Gasteiger partial charge on any atom is 0.258 e. The zero-order valence-electron chi connectivity index (χ0n) is 13.5. The molecular weight excluding hydrogens is 282 g/mol. The number of amides is 1. The van der Waals surface area contributed by atoms with Crippen LogP contribution in [-0.2, 0) is 0 Å². The minimum absolute atomic E-state index is 0.0994. The number of hydrogen-bond donors (Lipinski definition) is 2. The topological polar surface area (TPSA) is 73.9 Å². The maximum absolute atomic E-state index is 13.0. The fourth-order valence-corrected chi connectivity index (χ4v) is 4.20. The highest BCUT2D eigenvalue weighted by Crippen LogP contribution is 2.45. The van der Waals surface area contributed by atoms with Gasteiger partial charge in [-0.15, -0.1) is 0 Å². The first-order valence-electron chi connectivity index (χ1n) is 8.17. The van der Waals surface area contributed by atoms with E-state index in [9.17, 15) is 15.0 Å². The zero-order valence-corrected chi connectivity index (χ0v) is 13.5. The van der Waals surface area contributed by atoms with Gasteiger partial charge in [-0.25, -0.2) is 0 Å². The molecule has 3 aliphatic rings. The van der Waals surface area contributed by atoms with E-state index in [4.69, 9.17) is 4.42 Å². The SMILES string of the molecule is CC[C@H](O)[C@@H]1N(C(=O)c2cc(C)oc2C)C2CCC1(O)CC2. The minimum atomic E-state index is -0.966. The molecule has 1 aromatic rings. The Balaban J connectivity index is 1.99. The van der Waals surface area contributed by atoms with Crippen LogP contribution in [0.3, 0.4) is 0 Å². The van der Waals surface area contributed by atoms with Gasteiger partial charge in [0.05, 0.1) is 23.3 Å². The van der Waals surface area contributed by atoms with Crippen molar-refractivity contribution in [3.05, 3.63) is 23.2 Å². The summed E-state index contributed by atoms with van der Waals surface area (Å²) in [5.41, 5.74) is -0.422. The molecule has 1 aliphatic carbocycles. The summed E-state index contributed by atoms with van der Waals surface area (Å²) in [5.74, 6) is 1.17. The average Bonchev–Trinajstić information content (AvgIpc) is 2.83.